The normalized spacial score (nSPS) is 16.2. The molecule has 1 saturated carbocycles. The molecule has 0 aromatic heterocycles. The molecule has 1 aliphatic rings. The van der Waals surface area contributed by atoms with E-state index in [2.05, 4.69) is 5.32 Å². The van der Waals surface area contributed by atoms with E-state index in [1.807, 2.05) is 30.3 Å². The van der Waals surface area contributed by atoms with Gasteiger partial charge >= 0.3 is 0 Å². The van der Waals surface area contributed by atoms with Gasteiger partial charge in [-0.05, 0) is 37.9 Å². The zero-order valence-electron chi connectivity index (χ0n) is 12.4. The Kier molecular flexibility index (Phi) is 7.50. The fourth-order valence-electron chi connectivity index (χ4n) is 2.62. The fourth-order valence-corrected chi connectivity index (χ4v) is 2.62. The summed E-state index contributed by atoms with van der Waals surface area (Å²) in [5.41, 5.74) is 0. The Morgan fingerprint density at radius 3 is 2.55 bits per heavy atom. The molecule has 1 aromatic carbocycles. The minimum Gasteiger partial charge on any atom is -0.491 e. The number of ether oxygens (including phenoxy) is 2. The maximum Gasteiger partial charge on any atom is 0.119 e. The van der Waals surface area contributed by atoms with E-state index in [1.165, 1.54) is 32.1 Å². The minimum absolute atomic E-state index is 0.625. The SMILES string of the molecule is c1ccc(OCCOCCCNC2CCCCC2)cc1. The van der Waals surface area contributed by atoms with Crippen molar-refractivity contribution in [2.45, 2.75) is 44.6 Å². The second kappa shape index (κ2) is 9.78. The molecule has 0 aliphatic heterocycles. The zero-order valence-corrected chi connectivity index (χ0v) is 12.4. The van der Waals surface area contributed by atoms with Gasteiger partial charge < -0.3 is 14.8 Å². The highest BCUT2D eigenvalue weighted by molar-refractivity contribution is 5.20. The summed E-state index contributed by atoms with van der Waals surface area (Å²) in [6, 6.07) is 10.6. The topological polar surface area (TPSA) is 30.5 Å². The van der Waals surface area contributed by atoms with Gasteiger partial charge in [-0.25, -0.2) is 0 Å². The third kappa shape index (κ3) is 6.40. The van der Waals surface area contributed by atoms with Crippen molar-refractivity contribution in [3.63, 3.8) is 0 Å². The highest BCUT2D eigenvalue weighted by atomic mass is 16.5. The second-order valence-corrected chi connectivity index (χ2v) is 5.42. The minimum atomic E-state index is 0.625. The van der Waals surface area contributed by atoms with E-state index in [9.17, 15) is 0 Å². The average Bonchev–Trinajstić information content (AvgIpc) is 2.52. The molecular formula is C17H27NO2. The molecule has 0 heterocycles. The van der Waals surface area contributed by atoms with Crippen molar-refractivity contribution in [1.29, 1.82) is 0 Å². The standard InChI is InChI=1S/C17H27NO2/c1-3-8-16(9-4-1)18-12-7-13-19-14-15-20-17-10-5-2-6-11-17/h2,5-6,10-11,16,18H,1,3-4,7-9,12-15H2. The Labute approximate surface area is 122 Å². The van der Waals surface area contributed by atoms with Gasteiger partial charge in [-0.3, -0.25) is 0 Å². The van der Waals surface area contributed by atoms with Crippen LogP contribution in [0.5, 0.6) is 5.75 Å². The van der Waals surface area contributed by atoms with Crippen LogP contribution in [0.25, 0.3) is 0 Å². The molecule has 1 aliphatic carbocycles. The van der Waals surface area contributed by atoms with Crippen LogP contribution in [-0.4, -0.2) is 32.4 Å². The average molecular weight is 277 g/mol. The lowest BCUT2D eigenvalue weighted by atomic mass is 9.95. The third-order valence-corrected chi connectivity index (χ3v) is 3.74. The van der Waals surface area contributed by atoms with Gasteiger partial charge in [0.15, 0.2) is 0 Å². The van der Waals surface area contributed by atoms with E-state index in [0.717, 1.165) is 31.4 Å². The summed E-state index contributed by atoms with van der Waals surface area (Å²) in [6.45, 7) is 3.18. The Bertz CT molecular complexity index is 336. The number of para-hydroxylation sites is 1. The molecule has 1 fully saturated rings. The molecular weight excluding hydrogens is 250 g/mol. The van der Waals surface area contributed by atoms with Gasteiger partial charge in [0.2, 0.25) is 0 Å². The van der Waals surface area contributed by atoms with E-state index < -0.39 is 0 Å². The van der Waals surface area contributed by atoms with Gasteiger partial charge in [0, 0.05) is 12.6 Å². The first-order valence-corrected chi connectivity index (χ1v) is 7.94. The molecule has 112 valence electrons. The van der Waals surface area contributed by atoms with Crippen LogP contribution in [0.4, 0.5) is 0 Å². The first-order chi connectivity index (χ1) is 9.95. The third-order valence-electron chi connectivity index (χ3n) is 3.74. The van der Waals surface area contributed by atoms with Gasteiger partial charge in [0.05, 0.1) is 6.61 Å². The Hall–Kier alpha value is -1.06. The molecule has 1 N–H and O–H groups in total. The number of benzene rings is 1. The maximum absolute atomic E-state index is 5.58. The summed E-state index contributed by atoms with van der Waals surface area (Å²) in [5, 5.41) is 3.63. The van der Waals surface area contributed by atoms with Gasteiger partial charge in [0.1, 0.15) is 12.4 Å². The smallest absolute Gasteiger partial charge is 0.119 e. The highest BCUT2D eigenvalue weighted by Crippen LogP contribution is 2.17. The van der Waals surface area contributed by atoms with Crippen LogP contribution in [0.1, 0.15) is 38.5 Å². The quantitative estimate of drug-likeness (QED) is 0.702. The van der Waals surface area contributed by atoms with Crippen molar-refractivity contribution < 1.29 is 9.47 Å². The van der Waals surface area contributed by atoms with Crippen molar-refractivity contribution in [3.05, 3.63) is 30.3 Å². The first-order valence-electron chi connectivity index (χ1n) is 7.94. The molecule has 0 atom stereocenters. The van der Waals surface area contributed by atoms with Crippen LogP contribution in [0.2, 0.25) is 0 Å². The Morgan fingerprint density at radius 2 is 1.75 bits per heavy atom. The van der Waals surface area contributed by atoms with Gasteiger partial charge in [0.25, 0.3) is 0 Å². The summed E-state index contributed by atoms with van der Waals surface area (Å²) in [4.78, 5) is 0. The largest absolute Gasteiger partial charge is 0.491 e. The van der Waals surface area contributed by atoms with Crippen molar-refractivity contribution in [2.75, 3.05) is 26.4 Å². The van der Waals surface area contributed by atoms with E-state index in [4.69, 9.17) is 9.47 Å². The number of nitrogens with one attached hydrogen (secondary N) is 1. The van der Waals surface area contributed by atoms with E-state index in [0.29, 0.717) is 13.2 Å². The van der Waals surface area contributed by atoms with Crippen LogP contribution in [0.3, 0.4) is 0 Å². The van der Waals surface area contributed by atoms with Gasteiger partial charge in [-0.1, -0.05) is 37.5 Å². The predicted octanol–water partition coefficient (Wildman–Crippen LogP) is 3.39. The van der Waals surface area contributed by atoms with Crippen LogP contribution >= 0.6 is 0 Å². The summed E-state index contributed by atoms with van der Waals surface area (Å²) in [6.07, 6.45) is 8.00. The van der Waals surface area contributed by atoms with E-state index in [-0.39, 0.29) is 0 Å². The second-order valence-electron chi connectivity index (χ2n) is 5.42. The molecule has 20 heavy (non-hydrogen) atoms. The summed E-state index contributed by atoms with van der Waals surface area (Å²) in [5.74, 6) is 0.912. The molecule has 1 aromatic rings. The van der Waals surface area contributed by atoms with E-state index >= 15 is 0 Å². The first kappa shape index (κ1) is 15.3. The Balaban J connectivity index is 1.38. The lowest BCUT2D eigenvalue weighted by Crippen LogP contribution is -2.32. The summed E-state index contributed by atoms with van der Waals surface area (Å²) < 4.78 is 11.1. The van der Waals surface area contributed by atoms with Gasteiger partial charge in [-0.15, -0.1) is 0 Å². The number of rotatable bonds is 9. The van der Waals surface area contributed by atoms with Gasteiger partial charge in [-0.2, -0.15) is 0 Å². The zero-order chi connectivity index (χ0) is 13.9. The number of hydrogen-bond donors (Lipinski definition) is 1. The maximum atomic E-state index is 5.58. The van der Waals surface area contributed by atoms with Crippen molar-refractivity contribution in [3.8, 4) is 5.75 Å². The molecule has 0 amide bonds. The van der Waals surface area contributed by atoms with Crippen molar-refractivity contribution in [1.82, 2.24) is 5.32 Å². The van der Waals surface area contributed by atoms with Crippen molar-refractivity contribution >= 4 is 0 Å². The fraction of sp³-hybridized carbons (Fsp3) is 0.647. The number of hydrogen-bond acceptors (Lipinski definition) is 3. The lowest BCUT2D eigenvalue weighted by Gasteiger charge is -2.22. The molecule has 2 rings (SSSR count). The lowest BCUT2D eigenvalue weighted by molar-refractivity contribution is 0.0977. The van der Waals surface area contributed by atoms with Crippen LogP contribution in [-0.2, 0) is 4.74 Å². The van der Waals surface area contributed by atoms with Crippen LogP contribution < -0.4 is 10.1 Å². The van der Waals surface area contributed by atoms with Crippen LogP contribution in [0.15, 0.2) is 30.3 Å². The molecule has 0 bridgehead atoms. The molecule has 0 unspecified atom stereocenters. The monoisotopic (exact) mass is 277 g/mol. The Morgan fingerprint density at radius 1 is 0.950 bits per heavy atom. The molecule has 0 saturated heterocycles. The van der Waals surface area contributed by atoms with Crippen molar-refractivity contribution in [2.24, 2.45) is 0 Å². The molecule has 0 radical (unpaired) electrons. The molecule has 3 heteroatoms. The summed E-state index contributed by atoms with van der Waals surface area (Å²) in [7, 11) is 0. The molecule has 0 spiro atoms. The van der Waals surface area contributed by atoms with E-state index in [1.54, 1.807) is 0 Å². The molecule has 3 nitrogen and oxygen atoms in total. The predicted molar refractivity (Wildman–Crippen MR) is 82.2 cm³/mol. The summed E-state index contributed by atoms with van der Waals surface area (Å²) >= 11 is 0. The van der Waals surface area contributed by atoms with Crippen LogP contribution in [0, 0.1) is 0 Å². The highest BCUT2D eigenvalue weighted by Gasteiger charge is 2.11.